The van der Waals surface area contributed by atoms with Crippen molar-refractivity contribution >= 4 is 5.69 Å². The van der Waals surface area contributed by atoms with Gasteiger partial charge in [0, 0.05) is 56.4 Å². The first-order valence-electron chi connectivity index (χ1n) is 12.4. The summed E-state index contributed by atoms with van der Waals surface area (Å²) < 4.78 is 8.70. The average Bonchev–Trinajstić information content (AvgIpc) is 3.65. The van der Waals surface area contributed by atoms with Crippen LogP contribution in [0.25, 0.3) is 0 Å². The average molecular weight is 475 g/mol. The summed E-state index contributed by atoms with van der Waals surface area (Å²) >= 11 is 0. The number of nitrogens with zero attached hydrogens (tertiary/aromatic N) is 4. The van der Waals surface area contributed by atoms with Gasteiger partial charge < -0.3 is 9.64 Å². The fraction of sp³-hybridized carbons (Fsp3) is 0.429. The Labute approximate surface area is 206 Å². The number of para-hydroxylation sites is 2. The van der Waals surface area contributed by atoms with E-state index in [1.807, 2.05) is 48.5 Å². The van der Waals surface area contributed by atoms with Crippen LogP contribution in [0.1, 0.15) is 24.0 Å². The molecule has 2 aromatic carbocycles. The second kappa shape index (κ2) is 9.74. The molecular weight excluding hydrogens is 440 g/mol. The molecule has 2 aliphatic rings. The number of rotatable bonds is 8. The second-order valence-electron chi connectivity index (χ2n) is 10.0. The van der Waals surface area contributed by atoms with Crippen LogP contribution < -0.4 is 20.9 Å². The van der Waals surface area contributed by atoms with E-state index in [4.69, 9.17) is 4.74 Å². The quantitative estimate of drug-likeness (QED) is 0.502. The van der Waals surface area contributed by atoms with E-state index in [-0.39, 0.29) is 16.7 Å². The molecule has 2 heterocycles. The summed E-state index contributed by atoms with van der Waals surface area (Å²) in [6, 6.07) is 18.1. The minimum absolute atomic E-state index is 0.00790. The van der Waals surface area contributed by atoms with Gasteiger partial charge in [0.15, 0.2) is 0 Å². The van der Waals surface area contributed by atoms with E-state index >= 15 is 0 Å². The maximum absolute atomic E-state index is 13.3. The zero-order valence-corrected chi connectivity index (χ0v) is 20.7. The number of anilines is 1. The van der Waals surface area contributed by atoms with Gasteiger partial charge in [-0.2, -0.15) is 0 Å². The summed E-state index contributed by atoms with van der Waals surface area (Å²) in [6.07, 6.45) is 3.81. The molecule has 2 fully saturated rings. The molecule has 1 aromatic heterocycles. The van der Waals surface area contributed by atoms with Crippen LogP contribution in [-0.2, 0) is 13.1 Å². The van der Waals surface area contributed by atoms with Crippen LogP contribution in [0.15, 0.2) is 70.4 Å². The van der Waals surface area contributed by atoms with Crippen LogP contribution in [0.3, 0.4) is 0 Å². The molecule has 1 aliphatic carbocycles. The number of methoxy groups -OCH3 is 1. The molecule has 184 valence electrons. The number of piperazine rings is 1. The van der Waals surface area contributed by atoms with E-state index < -0.39 is 0 Å². The molecule has 5 rings (SSSR count). The van der Waals surface area contributed by atoms with E-state index in [1.54, 1.807) is 24.8 Å². The first kappa shape index (κ1) is 23.4. The summed E-state index contributed by atoms with van der Waals surface area (Å²) in [5.41, 5.74) is 2.44. The van der Waals surface area contributed by atoms with Crippen molar-refractivity contribution < 1.29 is 4.74 Å². The van der Waals surface area contributed by atoms with E-state index in [9.17, 15) is 9.59 Å². The highest BCUT2D eigenvalue weighted by atomic mass is 16.5. The van der Waals surface area contributed by atoms with Gasteiger partial charge in [0.1, 0.15) is 5.75 Å². The molecule has 0 unspecified atom stereocenters. The Kier molecular flexibility index (Phi) is 6.52. The molecule has 3 aromatic rings. The minimum Gasteiger partial charge on any atom is -0.495 e. The van der Waals surface area contributed by atoms with Gasteiger partial charge in [-0.3, -0.25) is 18.8 Å². The predicted molar refractivity (Wildman–Crippen MR) is 139 cm³/mol. The van der Waals surface area contributed by atoms with Gasteiger partial charge >= 0.3 is 5.69 Å². The highest BCUT2D eigenvalue weighted by molar-refractivity contribution is 5.58. The van der Waals surface area contributed by atoms with E-state index in [1.165, 1.54) is 4.57 Å². The maximum atomic E-state index is 13.3. The Morgan fingerprint density at radius 2 is 1.57 bits per heavy atom. The molecule has 1 saturated heterocycles. The maximum Gasteiger partial charge on any atom is 0.331 e. The summed E-state index contributed by atoms with van der Waals surface area (Å²) in [6.45, 7) is 7.48. The molecule has 1 saturated carbocycles. The molecule has 35 heavy (non-hydrogen) atoms. The minimum atomic E-state index is -0.211. The van der Waals surface area contributed by atoms with Gasteiger partial charge in [-0.15, -0.1) is 0 Å². The van der Waals surface area contributed by atoms with Crippen molar-refractivity contribution in [1.82, 2.24) is 14.0 Å². The van der Waals surface area contributed by atoms with Gasteiger partial charge in [0.05, 0.1) is 19.3 Å². The van der Waals surface area contributed by atoms with Crippen molar-refractivity contribution in [2.75, 3.05) is 44.7 Å². The summed E-state index contributed by atoms with van der Waals surface area (Å²) in [7, 11) is 1.72. The van der Waals surface area contributed by atoms with Crippen molar-refractivity contribution in [3.05, 3.63) is 92.8 Å². The predicted octanol–water partition coefficient (Wildman–Crippen LogP) is 2.98. The van der Waals surface area contributed by atoms with Gasteiger partial charge in [-0.05, 0) is 37.5 Å². The van der Waals surface area contributed by atoms with Gasteiger partial charge in [0.2, 0.25) is 0 Å². The van der Waals surface area contributed by atoms with Crippen LogP contribution in [0.5, 0.6) is 5.75 Å². The molecule has 0 spiro atoms. The van der Waals surface area contributed by atoms with E-state index in [0.29, 0.717) is 18.7 Å². The van der Waals surface area contributed by atoms with Crippen molar-refractivity contribution in [3.8, 4) is 5.75 Å². The second-order valence-corrected chi connectivity index (χ2v) is 10.0. The molecule has 0 amide bonds. The van der Waals surface area contributed by atoms with Crippen molar-refractivity contribution in [3.63, 3.8) is 0 Å². The third-order valence-corrected chi connectivity index (χ3v) is 7.41. The molecule has 0 radical (unpaired) electrons. The van der Waals surface area contributed by atoms with Gasteiger partial charge in [0.25, 0.3) is 5.56 Å². The zero-order chi connectivity index (χ0) is 24.4. The van der Waals surface area contributed by atoms with Gasteiger partial charge in [-0.1, -0.05) is 42.5 Å². The fourth-order valence-corrected chi connectivity index (χ4v) is 5.22. The lowest BCUT2D eigenvalue weighted by atomic mass is 10.1. The smallest absolute Gasteiger partial charge is 0.331 e. The van der Waals surface area contributed by atoms with E-state index in [2.05, 4.69) is 15.9 Å². The van der Waals surface area contributed by atoms with Crippen LogP contribution in [0, 0.1) is 12.3 Å². The largest absolute Gasteiger partial charge is 0.495 e. The molecule has 7 heteroatoms. The lowest BCUT2D eigenvalue weighted by molar-refractivity contribution is 0.192. The first-order chi connectivity index (χ1) is 17.0. The topological polar surface area (TPSA) is 59.7 Å². The Hall–Kier alpha value is -3.32. The third-order valence-electron chi connectivity index (χ3n) is 7.41. The Bertz CT molecular complexity index is 1290. The number of hydrogen-bond donors (Lipinski definition) is 0. The highest BCUT2D eigenvalue weighted by Gasteiger charge is 2.45. The highest BCUT2D eigenvalue weighted by Crippen LogP contribution is 2.47. The Balaban J connectivity index is 1.27. The Morgan fingerprint density at radius 3 is 2.26 bits per heavy atom. The third kappa shape index (κ3) is 5.05. The number of aryl methyl sites for hydroxylation is 1. The SMILES string of the molecule is COc1ccccc1N1CCN(CC2(Cn3c(=O)c(C)cn(Cc4ccccc4)c3=O)CC2)CC1. The summed E-state index contributed by atoms with van der Waals surface area (Å²) in [5, 5.41) is 0. The van der Waals surface area contributed by atoms with Crippen LogP contribution >= 0.6 is 0 Å². The van der Waals surface area contributed by atoms with Crippen molar-refractivity contribution in [2.24, 2.45) is 5.41 Å². The molecule has 0 atom stereocenters. The lowest BCUT2D eigenvalue weighted by Crippen LogP contribution is -2.49. The van der Waals surface area contributed by atoms with Crippen molar-refractivity contribution in [2.45, 2.75) is 32.9 Å². The standard InChI is InChI=1S/C28H34N4O3/c1-22-18-31(19-23-8-4-3-5-9-23)27(34)32(26(22)33)21-28(12-13-28)20-29-14-16-30(17-15-29)24-10-6-7-11-25(24)35-2/h3-11,18H,12-17,19-21H2,1-2H3. The van der Waals surface area contributed by atoms with Crippen molar-refractivity contribution in [1.29, 1.82) is 0 Å². The number of ether oxygens (including phenoxy) is 1. The van der Waals surface area contributed by atoms with Crippen LogP contribution in [0.4, 0.5) is 5.69 Å². The van der Waals surface area contributed by atoms with Crippen LogP contribution in [0.2, 0.25) is 0 Å². The number of aromatic nitrogens is 2. The Morgan fingerprint density at radius 1 is 0.886 bits per heavy atom. The lowest BCUT2D eigenvalue weighted by Gasteiger charge is -2.38. The number of hydrogen-bond acceptors (Lipinski definition) is 5. The fourth-order valence-electron chi connectivity index (χ4n) is 5.22. The normalized spacial score (nSPS) is 17.4. The number of benzene rings is 2. The molecule has 0 N–H and O–H groups in total. The zero-order valence-electron chi connectivity index (χ0n) is 20.7. The van der Waals surface area contributed by atoms with Crippen LogP contribution in [-0.4, -0.2) is 53.9 Å². The van der Waals surface area contributed by atoms with E-state index in [0.717, 1.165) is 62.6 Å². The molecule has 7 nitrogen and oxygen atoms in total. The monoisotopic (exact) mass is 474 g/mol. The molecule has 1 aliphatic heterocycles. The molecular formula is C28H34N4O3. The first-order valence-corrected chi connectivity index (χ1v) is 12.4. The molecule has 0 bridgehead atoms. The summed E-state index contributed by atoms with van der Waals surface area (Å²) in [4.78, 5) is 31.1. The summed E-state index contributed by atoms with van der Waals surface area (Å²) in [5.74, 6) is 0.908. The van der Waals surface area contributed by atoms with Gasteiger partial charge in [-0.25, -0.2) is 4.79 Å².